The first-order valence-corrected chi connectivity index (χ1v) is 5.30. The van der Waals surface area contributed by atoms with Gasteiger partial charge >= 0.3 is 5.97 Å². The van der Waals surface area contributed by atoms with Crippen LogP contribution in [0, 0.1) is 13.8 Å². The molecule has 0 aliphatic heterocycles. The zero-order valence-corrected chi connectivity index (χ0v) is 9.90. The van der Waals surface area contributed by atoms with E-state index >= 15 is 0 Å². The molecule has 0 fully saturated rings. The van der Waals surface area contributed by atoms with Crippen molar-refractivity contribution in [3.63, 3.8) is 0 Å². The number of carbonyl (C=O) groups excluding carboxylic acids is 1. The summed E-state index contributed by atoms with van der Waals surface area (Å²) >= 11 is 0. The molecule has 0 bridgehead atoms. The summed E-state index contributed by atoms with van der Waals surface area (Å²) in [5.41, 5.74) is 1.29. The van der Waals surface area contributed by atoms with Crippen molar-refractivity contribution in [3.05, 3.63) is 33.4 Å². The Kier molecular flexibility index (Phi) is 2.71. The molecule has 2 aromatic rings. The van der Waals surface area contributed by atoms with Crippen LogP contribution in [0.1, 0.15) is 28.7 Å². The monoisotopic (exact) mass is 235 g/mol. The number of nitrogens with one attached hydrogen (secondary N) is 1. The van der Waals surface area contributed by atoms with Crippen molar-refractivity contribution in [2.45, 2.75) is 20.8 Å². The second kappa shape index (κ2) is 4.04. The molecule has 0 aromatic carbocycles. The number of H-pyrrole nitrogens is 1. The molecule has 0 aliphatic rings. The SMILES string of the molecule is CCOC(=O)c1nc2cc(C)[nH]n2c(=O)c1C. The molecular weight excluding hydrogens is 222 g/mol. The third kappa shape index (κ3) is 1.82. The van der Waals surface area contributed by atoms with Gasteiger partial charge in [0.25, 0.3) is 5.56 Å². The molecule has 6 heteroatoms. The third-order valence-electron chi connectivity index (χ3n) is 2.44. The van der Waals surface area contributed by atoms with E-state index in [1.54, 1.807) is 19.9 Å². The quantitative estimate of drug-likeness (QED) is 0.782. The molecule has 90 valence electrons. The van der Waals surface area contributed by atoms with Crippen LogP contribution in [0.4, 0.5) is 0 Å². The number of carbonyl (C=O) groups is 1. The summed E-state index contributed by atoms with van der Waals surface area (Å²) in [5, 5.41) is 2.86. The van der Waals surface area contributed by atoms with Gasteiger partial charge in [-0.25, -0.2) is 14.3 Å². The number of aryl methyl sites for hydroxylation is 1. The normalized spacial score (nSPS) is 10.8. The highest BCUT2D eigenvalue weighted by Gasteiger charge is 2.17. The Hall–Kier alpha value is -2.11. The zero-order chi connectivity index (χ0) is 12.6. The van der Waals surface area contributed by atoms with Crippen molar-refractivity contribution in [2.24, 2.45) is 0 Å². The molecule has 2 rings (SSSR count). The summed E-state index contributed by atoms with van der Waals surface area (Å²) in [7, 11) is 0. The highest BCUT2D eigenvalue weighted by molar-refractivity contribution is 5.89. The summed E-state index contributed by atoms with van der Waals surface area (Å²) in [6.07, 6.45) is 0. The van der Waals surface area contributed by atoms with Gasteiger partial charge in [-0.1, -0.05) is 0 Å². The van der Waals surface area contributed by atoms with Gasteiger partial charge in [0, 0.05) is 17.3 Å². The minimum Gasteiger partial charge on any atom is -0.461 e. The van der Waals surface area contributed by atoms with E-state index in [-0.39, 0.29) is 23.4 Å². The van der Waals surface area contributed by atoms with E-state index in [1.165, 1.54) is 4.52 Å². The highest BCUT2D eigenvalue weighted by atomic mass is 16.5. The fourth-order valence-corrected chi connectivity index (χ4v) is 1.63. The molecule has 0 saturated carbocycles. The van der Waals surface area contributed by atoms with Crippen molar-refractivity contribution in [2.75, 3.05) is 6.61 Å². The molecule has 0 atom stereocenters. The lowest BCUT2D eigenvalue weighted by molar-refractivity contribution is 0.0518. The standard InChI is InChI=1S/C11H13N3O3/c1-4-17-11(16)9-7(3)10(15)14-8(12-9)5-6(2)13-14/h5,13H,4H2,1-3H3. The summed E-state index contributed by atoms with van der Waals surface area (Å²) < 4.78 is 6.17. The molecule has 0 unspecified atom stereocenters. The molecule has 2 aromatic heterocycles. The molecule has 17 heavy (non-hydrogen) atoms. The van der Waals surface area contributed by atoms with E-state index in [1.807, 2.05) is 6.92 Å². The summed E-state index contributed by atoms with van der Waals surface area (Å²) in [5.74, 6) is -0.566. The highest BCUT2D eigenvalue weighted by Crippen LogP contribution is 2.06. The minimum absolute atomic E-state index is 0.0795. The second-order valence-electron chi connectivity index (χ2n) is 3.74. The molecule has 2 heterocycles. The van der Waals surface area contributed by atoms with E-state index in [2.05, 4.69) is 10.1 Å². The fourth-order valence-electron chi connectivity index (χ4n) is 1.63. The number of hydrogen-bond acceptors (Lipinski definition) is 4. The average Bonchev–Trinajstić information content (AvgIpc) is 2.65. The van der Waals surface area contributed by atoms with Crippen molar-refractivity contribution >= 4 is 11.6 Å². The Morgan fingerprint density at radius 1 is 1.53 bits per heavy atom. The maximum atomic E-state index is 12.0. The Labute approximate surface area is 97.2 Å². The van der Waals surface area contributed by atoms with Crippen LogP contribution in [-0.4, -0.2) is 27.2 Å². The molecule has 1 N–H and O–H groups in total. The molecular formula is C11H13N3O3. The average molecular weight is 235 g/mol. The van der Waals surface area contributed by atoms with E-state index in [9.17, 15) is 9.59 Å². The number of nitrogens with zero attached hydrogens (tertiary/aromatic N) is 2. The van der Waals surface area contributed by atoms with Gasteiger partial charge in [-0.05, 0) is 20.8 Å². The number of aromatic nitrogens is 3. The number of esters is 1. The van der Waals surface area contributed by atoms with Gasteiger partial charge in [-0.2, -0.15) is 0 Å². The Morgan fingerprint density at radius 3 is 2.88 bits per heavy atom. The number of ether oxygens (including phenoxy) is 1. The molecule has 0 aliphatic carbocycles. The first-order valence-electron chi connectivity index (χ1n) is 5.30. The van der Waals surface area contributed by atoms with Gasteiger partial charge in [0.2, 0.25) is 0 Å². The van der Waals surface area contributed by atoms with Gasteiger partial charge in [0.15, 0.2) is 11.3 Å². The van der Waals surface area contributed by atoms with Gasteiger partial charge in [0.05, 0.1) is 6.61 Å². The van der Waals surface area contributed by atoms with Crippen molar-refractivity contribution in [1.82, 2.24) is 14.6 Å². The predicted molar refractivity (Wildman–Crippen MR) is 61.2 cm³/mol. The third-order valence-corrected chi connectivity index (χ3v) is 2.44. The Morgan fingerprint density at radius 2 is 2.24 bits per heavy atom. The van der Waals surface area contributed by atoms with Crippen LogP contribution in [0.5, 0.6) is 0 Å². The van der Waals surface area contributed by atoms with Crippen LogP contribution in [-0.2, 0) is 4.74 Å². The lowest BCUT2D eigenvalue weighted by atomic mass is 10.2. The Bertz CT molecular complexity index is 639. The van der Waals surface area contributed by atoms with Crippen molar-refractivity contribution < 1.29 is 9.53 Å². The van der Waals surface area contributed by atoms with Gasteiger partial charge in [-0.3, -0.25) is 9.89 Å². The van der Waals surface area contributed by atoms with E-state index < -0.39 is 5.97 Å². The van der Waals surface area contributed by atoms with Crippen LogP contribution in [0.3, 0.4) is 0 Å². The number of fused-ring (bicyclic) bond motifs is 1. The largest absolute Gasteiger partial charge is 0.461 e. The summed E-state index contributed by atoms with van der Waals surface area (Å²) in [6.45, 7) is 5.34. The number of hydrogen-bond donors (Lipinski definition) is 1. The lowest BCUT2D eigenvalue weighted by Gasteiger charge is -2.04. The van der Waals surface area contributed by atoms with Crippen LogP contribution in [0.15, 0.2) is 10.9 Å². The molecule has 0 spiro atoms. The van der Waals surface area contributed by atoms with Crippen LogP contribution < -0.4 is 5.56 Å². The molecule has 0 amide bonds. The maximum absolute atomic E-state index is 12.0. The lowest BCUT2D eigenvalue weighted by Crippen LogP contribution is -2.23. The molecule has 0 radical (unpaired) electrons. The maximum Gasteiger partial charge on any atom is 0.357 e. The van der Waals surface area contributed by atoms with Crippen molar-refractivity contribution in [1.29, 1.82) is 0 Å². The topological polar surface area (TPSA) is 76.5 Å². The molecule has 0 saturated heterocycles. The number of aromatic amines is 1. The summed E-state index contributed by atoms with van der Waals surface area (Å²) in [6, 6.07) is 1.70. The number of rotatable bonds is 2. The Balaban J connectivity index is 2.69. The van der Waals surface area contributed by atoms with E-state index in [4.69, 9.17) is 4.74 Å². The smallest absolute Gasteiger partial charge is 0.357 e. The van der Waals surface area contributed by atoms with Crippen LogP contribution >= 0.6 is 0 Å². The summed E-state index contributed by atoms with van der Waals surface area (Å²) in [4.78, 5) is 27.7. The zero-order valence-electron chi connectivity index (χ0n) is 9.90. The van der Waals surface area contributed by atoms with Crippen LogP contribution in [0.2, 0.25) is 0 Å². The van der Waals surface area contributed by atoms with Crippen molar-refractivity contribution in [3.8, 4) is 0 Å². The first-order chi connectivity index (χ1) is 8.04. The second-order valence-corrected chi connectivity index (χ2v) is 3.74. The fraction of sp³-hybridized carbons (Fsp3) is 0.364. The van der Waals surface area contributed by atoms with E-state index in [0.29, 0.717) is 5.65 Å². The van der Waals surface area contributed by atoms with Gasteiger partial charge in [0.1, 0.15) is 0 Å². The van der Waals surface area contributed by atoms with Gasteiger partial charge in [-0.15, -0.1) is 0 Å². The minimum atomic E-state index is -0.566. The first kappa shape index (κ1) is 11.4. The molecule has 6 nitrogen and oxygen atoms in total. The predicted octanol–water partition coefficient (Wildman–Crippen LogP) is 0.816. The van der Waals surface area contributed by atoms with Crippen LogP contribution in [0.25, 0.3) is 5.65 Å². The van der Waals surface area contributed by atoms with E-state index in [0.717, 1.165) is 5.69 Å². The van der Waals surface area contributed by atoms with Gasteiger partial charge < -0.3 is 4.74 Å².